The van der Waals surface area contributed by atoms with Crippen molar-refractivity contribution in [2.75, 3.05) is 39.3 Å². The minimum absolute atomic E-state index is 0.140. The summed E-state index contributed by atoms with van der Waals surface area (Å²) in [6, 6.07) is 4.93. The monoisotopic (exact) mass is 287 g/mol. The minimum atomic E-state index is -3.51. The van der Waals surface area contributed by atoms with Crippen molar-refractivity contribution >= 4 is 10.0 Å². The van der Waals surface area contributed by atoms with Gasteiger partial charge in [-0.3, -0.25) is 4.90 Å². The molecule has 0 bridgehead atoms. The van der Waals surface area contributed by atoms with Crippen LogP contribution in [0.25, 0.3) is 0 Å². The minimum Gasteiger partial charge on any atom is -0.329 e. The Kier molecular flexibility index (Phi) is 4.51. The Labute approximate surface area is 112 Å². The van der Waals surface area contributed by atoms with E-state index >= 15 is 0 Å². The third kappa shape index (κ3) is 3.30. The van der Waals surface area contributed by atoms with E-state index in [0.29, 0.717) is 32.7 Å². The highest BCUT2D eigenvalue weighted by Gasteiger charge is 2.28. The molecule has 1 aromatic carbocycles. The molecule has 1 fully saturated rings. The topological polar surface area (TPSA) is 66.6 Å². The average molecular weight is 287 g/mol. The maximum Gasteiger partial charge on any atom is 0.243 e. The summed E-state index contributed by atoms with van der Waals surface area (Å²) in [6.45, 7) is 3.60. The van der Waals surface area contributed by atoms with Crippen molar-refractivity contribution in [1.82, 2.24) is 9.21 Å². The molecule has 0 amide bonds. The second kappa shape index (κ2) is 5.96. The van der Waals surface area contributed by atoms with Gasteiger partial charge < -0.3 is 5.73 Å². The first kappa shape index (κ1) is 14.4. The van der Waals surface area contributed by atoms with Gasteiger partial charge in [-0.2, -0.15) is 4.31 Å². The molecule has 19 heavy (non-hydrogen) atoms. The molecule has 2 rings (SSSR count). The summed E-state index contributed by atoms with van der Waals surface area (Å²) in [6.07, 6.45) is 0. The number of hydrogen-bond donors (Lipinski definition) is 1. The van der Waals surface area contributed by atoms with E-state index in [-0.39, 0.29) is 4.90 Å². The lowest BCUT2D eigenvalue weighted by Crippen LogP contribution is -2.49. The number of halogens is 1. The first-order chi connectivity index (χ1) is 9.04. The molecular formula is C12H18FN3O2S. The molecule has 0 saturated carbocycles. The van der Waals surface area contributed by atoms with E-state index < -0.39 is 15.8 Å². The maximum atomic E-state index is 12.8. The van der Waals surface area contributed by atoms with Crippen molar-refractivity contribution in [3.05, 3.63) is 30.1 Å². The Balaban J connectivity index is 2.07. The molecule has 0 spiro atoms. The first-order valence-electron chi connectivity index (χ1n) is 6.22. The number of rotatable bonds is 4. The molecule has 7 heteroatoms. The summed E-state index contributed by atoms with van der Waals surface area (Å²) in [4.78, 5) is 2.28. The lowest BCUT2D eigenvalue weighted by molar-refractivity contribution is 0.192. The molecule has 0 unspecified atom stereocenters. The molecule has 5 nitrogen and oxygen atoms in total. The molecular weight excluding hydrogens is 269 g/mol. The second-order valence-corrected chi connectivity index (χ2v) is 6.43. The van der Waals surface area contributed by atoms with Crippen LogP contribution in [0, 0.1) is 5.82 Å². The Morgan fingerprint density at radius 1 is 1.11 bits per heavy atom. The fraction of sp³-hybridized carbons (Fsp3) is 0.500. The van der Waals surface area contributed by atoms with Gasteiger partial charge in [-0.15, -0.1) is 0 Å². The Bertz CT molecular complexity index is 510. The van der Waals surface area contributed by atoms with Crippen LogP contribution in [0.3, 0.4) is 0 Å². The zero-order valence-electron chi connectivity index (χ0n) is 10.6. The lowest BCUT2D eigenvalue weighted by atomic mass is 10.3. The molecule has 1 aliphatic heterocycles. The van der Waals surface area contributed by atoms with Crippen molar-refractivity contribution < 1.29 is 12.8 Å². The third-order valence-corrected chi connectivity index (χ3v) is 5.14. The quantitative estimate of drug-likeness (QED) is 0.852. The summed E-state index contributed by atoms with van der Waals surface area (Å²) in [7, 11) is -3.51. The van der Waals surface area contributed by atoms with Crippen LogP contribution in [-0.2, 0) is 10.0 Å². The predicted molar refractivity (Wildman–Crippen MR) is 70.7 cm³/mol. The number of piperazine rings is 1. The van der Waals surface area contributed by atoms with E-state index in [9.17, 15) is 12.8 Å². The molecule has 106 valence electrons. The molecule has 1 aromatic rings. The average Bonchev–Trinajstić information content (AvgIpc) is 2.40. The lowest BCUT2D eigenvalue weighted by Gasteiger charge is -2.33. The highest BCUT2D eigenvalue weighted by Crippen LogP contribution is 2.17. The third-order valence-electron chi connectivity index (χ3n) is 3.23. The smallest absolute Gasteiger partial charge is 0.243 e. The molecule has 0 radical (unpaired) electrons. The van der Waals surface area contributed by atoms with Crippen molar-refractivity contribution in [3.8, 4) is 0 Å². The Hall–Kier alpha value is -1.02. The van der Waals surface area contributed by atoms with Crippen LogP contribution in [0.4, 0.5) is 4.39 Å². The zero-order valence-corrected chi connectivity index (χ0v) is 11.4. The van der Waals surface area contributed by atoms with Crippen molar-refractivity contribution in [3.63, 3.8) is 0 Å². The summed E-state index contributed by atoms with van der Waals surface area (Å²) < 4.78 is 38.9. The van der Waals surface area contributed by atoms with Crippen LogP contribution in [0.1, 0.15) is 0 Å². The van der Waals surface area contributed by atoms with Gasteiger partial charge in [0.1, 0.15) is 5.82 Å². The fourth-order valence-corrected chi connectivity index (χ4v) is 3.55. The Morgan fingerprint density at radius 2 is 1.68 bits per heavy atom. The number of sulfonamides is 1. The standard InChI is InChI=1S/C12H18FN3O2S/c13-11-1-3-12(4-2-11)19(17,18)16-9-7-15(6-5-14)8-10-16/h1-4H,5-10,14H2. The van der Waals surface area contributed by atoms with Gasteiger partial charge in [0.2, 0.25) is 10.0 Å². The molecule has 1 heterocycles. The van der Waals surface area contributed by atoms with Gasteiger partial charge >= 0.3 is 0 Å². The second-order valence-electron chi connectivity index (χ2n) is 4.49. The number of nitrogens with two attached hydrogens (primary N) is 1. The van der Waals surface area contributed by atoms with E-state index in [4.69, 9.17) is 5.73 Å². The largest absolute Gasteiger partial charge is 0.329 e. The van der Waals surface area contributed by atoms with Gasteiger partial charge in [0.05, 0.1) is 4.90 Å². The molecule has 0 aliphatic carbocycles. The number of benzene rings is 1. The van der Waals surface area contributed by atoms with E-state index in [1.54, 1.807) is 0 Å². The first-order valence-corrected chi connectivity index (χ1v) is 7.66. The van der Waals surface area contributed by atoms with Crippen molar-refractivity contribution in [2.24, 2.45) is 5.73 Å². The van der Waals surface area contributed by atoms with Gasteiger partial charge in [-0.25, -0.2) is 12.8 Å². The number of nitrogens with zero attached hydrogens (tertiary/aromatic N) is 2. The van der Waals surface area contributed by atoms with Gasteiger partial charge in [-0.05, 0) is 24.3 Å². The molecule has 1 aliphatic rings. The summed E-state index contributed by atoms with van der Waals surface area (Å²) in [5.74, 6) is -0.438. The normalized spacial score (nSPS) is 18.6. The highest BCUT2D eigenvalue weighted by molar-refractivity contribution is 7.89. The summed E-state index contributed by atoms with van der Waals surface area (Å²) in [5.41, 5.74) is 5.48. The van der Waals surface area contributed by atoms with E-state index in [1.165, 1.54) is 16.4 Å². The van der Waals surface area contributed by atoms with Gasteiger partial charge in [-0.1, -0.05) is 0 Å². The molecule has 2 N–H and O–H groups in total. The fourth-order valence-electron chi connectivity index (χ4n) is 2.13. The zero-order chi connectivity index (χ0) is 13.9. The molecule has 1 saturated heterocycles. The Morgan fingerprint density at radius 3 is 2.21 bits per heavy atom. The van der Waals surface area contributed by atoms with Gasteiger partial charge in [0.25, 0.3) is 0 Å². The maximum absolute atomic E-state index is 12.8. The van der Waals surface area contributed by atoms with E-state index in [1.807, 2.05) is 0 Å². The van der Waals surface area contributed by atoms with Crippen LogP contribution in [0.15, 0.2) is 29.2 Å². The van der Waals surface area contributed by atoms with Crippen LogP contribution < -0.4 is 5.73 Å². The predicted octanol–water partition coefficient (Wildman–Crippen LogP) is 0.0907. The SMILES string of the molecule is NCCN1CCN(S(=O)(=O)c2ccc(F)cc2)CC1. The summed E-state index contributed by atoms with van der Waals surface area (Å²) in [5, 5.41) is 0. The van der Waals surface area contributed by atoms with Crippen LogP contribution in [0.2, 0.25) is 0 Å². The van der Waals surface area contributed by atoms with Crippen LogP contribution >= 0.6 is 0 Å². The van der Waals surface area contributed by atoms with Gasteiger partial charge in [0, 0.05) is 39.3 Å². The van der Waals surface area contributed by atoms with Crippen LogP contribution in [-0.4, -0.2) is 56.9 Å². The van der Waals surface area contributed by atoms with Crippen molar-refractivity contribution in [1.29, 1.82) is 0 Å². The molecule has 0 aromatic heterocycles. The van der Waals surface area contributed by atoms with Crippen molar-refractivity contribution in [2.45, 2.75) is 4.90 Å². The summed E-state index contributed by atoms with van der Waals surface area (Å²) >= 11 is 0. The molecule has 0 atom stereocenters. The van der Waals surface area contributed by atoms with Gasteiger partial charge in [0.15, 0.2) is 0 Å². The highest BCUT2D eigenvalue weighted by atomic mass is 32.2. The van der Waals surface area contributed by atoms with Crippen LogP contribution in [0.5, 0.6) is 0 Å². The van der Waals surface area contributed by atoms with E-state index in [2.05, 4.69) is 4.90 Å². The number of hydrogen-bond acceptors (Lipinski definition) is 4. The van der Waals surface area contributed by atoms with E-state index in [0.717, 1.165) is 18.7 Å².